The zero-order valence-electron chi connectivity index (χ0n) is 34.2. The van der Waals surface area contributed by atoms with Crippen molar-refractivity contribution in [3.05, 3.63) is 231 Å². The molecule has 3 nitrogen and oxygen atoms in total. The second kappa shape index (κ2) is 14.1. The smallest absolute Gasteiger partial charge is 0.143 e. The number of furan rings is 1. The monoisotopic (exact) mass is 802 g/mol. The fourth-order valence-electron chi connectivity index (χ4n) is 10.0. The van der Waals surface area contributed by atoms with Gasteiger partial charge in [0, 0.05) is 55.1 Å². The van der Waals surface area contributed by atoms with Crippen LogP contribution in [0.1, 0.15) is 0 Å². The van der Waals surface area contributed by atoms with Gasteiger partial charge in [-0.15, -0.1) is 0 Å². The molecule has 0 bridgehead atoms. The van der Waals surface area contributed by atoms with Gasteiger partial charge < -0.3 is 13.9 Å². The van der Waals surface area contributed by atoms with E-state index in [4.69, 9.17) is 4.42 Å². The van der Waals surface area contributed by atoms with E-state index in [0.717, 1.165) is 50.0 Å². The Hall–Kier alpha value is -8.40. The minimum absolute atomic E-state index is 0.863. The number of nitrogens with zero attached hydrogens (tertiary/aromatic N) is 2. The minimum Gasteiger partial charge on any atom is -0.455 e. The highest BCUT2D eigenvalue weighted by atomic mass is 16.3. The average molecular weight is 803 g/mol. The third kappa shape index (κ3) is 5.60. The van der Waals surface area contributed by atoms with Crippen molar-refractivity contribution in [2.45, 2.75) is 0 Å². The largest absolute Gasteiger partial charge is 0.455 e. The SMILES string of the molecule is c1ccc(-c2ccc(N(c3ccc(-c4ccc5c(c4)c4ccccc4n5-c4cccc5ccccc45)cc3)c3ccc4c(c3)oc3c5ccccc5ccc43)c3ccccc23)cc1. The Kier molecular flexibility index (Phi) is 7.91. The number of benzene rings is 11. The number of anilines is 3. The van der Waals surface area contributed by atoms with Crippen molar-refractivity contribution in [3.8, 4) is 27.9 Å². The van der Waals surface area contributed by atoms with Gasteiger partial charge >= 0.3 is 0 Å². The van der Waals surface area contributed by atoms with Crippen molar-refractivity contribution in [1.29, 1.82) is 0 Å². The molecule has 0 spiro atoms. The van der Waals surface area contributed by atoms with Crippen LogP contribution in [0, 0.1) is 0 Å². The molecule has 11 aromatic carbocycles. The lowest BCUT2D eigenvalue weighted by molar-refractivity contribution is 0.672. The number of para-hydroxylation sites is 1. The Labute approximate surface area is 363 Å². The van der Waals surface area contributed by atoms with Crippen LogP contribution in [0.3, 0.4) is 0 Å². The standard InChI is InChI=1S/C60H38N2O/c1-2-13-40(14-3-1)46-34-36-57(50-21-9-8-20-49(46)50)61(45-31-33-52-53-32-27-42-16-5-7-19-48(42)60(53)63-59(52)38-45)44-29-25-39(26-30-44)43-28-35-58-54(37-43)51-22-10-11-23-56(51)62(58)55-24-12-17-41-15-4-6-18-47(41)55/h1-38H. The molecule has 2 aromatic heterocycles. The lowest BCUT2D eigenvalue weighted by Crippen LogP contribution is -2.10. The Bertz CT molecular complexity index is 3910. The molecule has 13 rings (SSSR count). The highest BCUT2D eigenvalue weighted by Gasteiger charge is 2.21. The van der Waals surface area contributed by atoms with Crippen LogP contribution in [0.15, 0.2) is 235 Å². The lowest BCUT2D eigenvalue weighted by Gasteiger charge is -2.27. The van der Waals surface area contributed by atoms with Crippen molar-refractivity contribution in [2.24, 2.45) is 0 Å². The molecular formula is C60H38N2O. The third-order valence-electron chi connectivity index (χ3n) is 13.0. The van der Waals surface area contributed by atoms with E-state index in [1.807, 2.05) is 0 Å². The Morgan fingerprint density at radius 1 is 0.333 bits per heavy atom. The van der Waals surface area contributed by atoms with Gasteiger partial charge in [-0.25, -0.2) is 0 Å². The van der Waals surface area contributed by atoms with Crippen LogP contribution < -0.4 is 4.90 Å². The predicted octanol–water partition coefficient (Wildman–Crippen LogP) is 16.9. The Morgan fingerprint density at radius 2 is 0.968 bits per heavy atom. The summed E-state index contributed by atoms with van der Waals surface area (Å²) >= 11 is 0. The van der Waals surface area contributed by atoms with Crippen LogP contribution in [0.25, 0.3) is 104 Å². The molecule has 0 saturated carbocycles. The van der Waals surface area contributed by atoms with E-state index in [-0.39, 0.29) is 0 Å². The van der Waals surface area contributed by atoms with E-state index >= 15 is 0 Å². The summed E-state index contributed by atoms with van der Waals surface area (Å²) in [7, 11) is 0. The first-order valence-corrected chi connectivity index (χ1v) is 21.6. The molecule has 0 radical (unpaired) electrons. The highest BCUT2D eigenvalue weighted by molar-refractivity contribution is 6.16. The Morgan fingerprint density at radius 3 is 1.81 bits per heavy atom. The second-order valence-corrected chi connectivity index (χ2v) is 16.5. The topological polar surface area (TPSA) is 21.3 Å². The summed E-state index contributed by atoms with van der Waals surface area (Å²) in [5.74, 6) is 0. The van der Waals surface area contributed by atoms with Crippen molar-refractivity contribution >= 4 is 93.1 Å². The van der Waals surface area contributed by atoms with Gasteiger partial charge in [0.15, 0.2) is 0 Å². The van der Waals surface area contributed by atoms with E-state index < -0.39 is 0 Å². The maximum absolute atomic E-state index is 6.76. The highest BCUT2D eigenvalue weighted by Crippen LogP contribution is 2.45. The van der Waals surface area contributed by atoms with Crippen molar-refractivity contribution in [2.75, 3.05) is 4.90 Å². The molecule has 0 aliphatic heterocycles. The molecule has 2 heterocycles. The summed E-state index contributed by atoms with van der Waals surface area (Å²) in [5.41, 5.74) is 13.3. The summed E-state index contributed by atoms with van der Waals surface area (Å²) in [4.78, 5) is 2.38. The molecule has 13 aromatic rings. The van der Waals surface area contributed by atoms with Crippen molar-refractivity contribution in [3.63, 3.8) is 0 Å². The van der Waals surface area contributed by atoms with Gasteiger partial charge in [-0.2, -0.15) is 0 Å². The minimum atomic E-state index is 0.863. The number of hydrogen-bond donors (Lipinski definition) is 0. The molecular weight excluding hydrogens is 765 g/mol. The molecule has 0 fully saturated rings. The molecule has 0 unspecified atom stereocenters. The van der Waals surface area contributed by atoms with Gasteiger partial charge in [0.25, 0.3) is 0 Å². The molecule has 0 aliphatic rings. The van der Waals surface area contributed by atoms with Crippen LogP contribution in [0.4, 0.5) is 17.1 Å². The second-order valence-electron chi connectivity index (χ2n) is 16.5. The van der Waals surface area contributed by atoms with Gasteiger partial charge in [-0.3, -0.25) is 0 Å². The lowest BCUT2D eigenvalue weighted by atomic mass is 9.96. The van der Waals surface area contributed by atoms with Crippen LogP contribution in [-0.2, 0) is 0 Å². The summed E-state index contributed by atoms with van der Waals surface area (Å²) in [5, 5.41) is 11.9. The summed E-state index contributed by atoms with van der Waals surface area (Å²) in [6.45, 7) is 0. The normalized spacial score (nSPS) is 11.8. The zero-order valence-corrected chi connectivity index (χ0v) is 34.2. The van der Waals surface area contributed by atoms with Crippen molar-refractivity contribution < 1.29 is 4.42 Å². The average Bonchev–Trinajstić information content (AvgIpc) is 3.90. The molecule has 0 atom stereocenters. The maximum Gasteiger partial charge on any atom is 0.143 e. The van der Waals surface area contributed by atoms with Gasteiger partial charge in [0.1, 0.15) is 11.2 Å². The quantitative estimate of drug-likeness (QED) is 0.167. The van der Waals surface area contributed by atoms with Crippen LogP contribution in [0.2, 0.25) is 0 Å². The summed E-state index contributed by atoms with van der Waals surface area (Å²) < 4.78 is 9.18. The number of fused-ring (bicyclic) bond motifs is 10. The molecule has 294 valence electrons. The molecule has 0 N–H and O–H groups in total. The number of rotatable bonds is 6. The zero-order chi connectivity index (χ0) is 41.4. The molecule has 63 heavy (non-hydrogen) atoms. The van der Waals surface area contributed by atoms with Crippen LogP contribution in [-0.4, -0.2) is 4.57 Å². The first-order chi connectivity index (χ1) is 31.2. The van der Waals surface area contributed by atoms with E-state index in [2.05, 4.69) is 240 Å². The fourth-order valence-corrected chi connectivity index (χ4v) is 10.0. The Balaban J connectivity index is 0.967. The molecule has 0 amide bonds. The summed E-state index contributed by atoms with van der Waals surface area (Å²) in [6.07, 6.45) is 0. The van der Waals surface area contributed by atoms with Gasteiger partial charge in [-0.1, -0.05) is 164 Å². The third-order valence-corrected chi connectivity index (χ3v) is 13.0. The first-order valence-electron chi connectivity index (χ1n) is 21.6. The number of aromatic nitrogens is 1. The number of hydrogen-bond acceptors (Lipinski definition) is 2. The van der Waals surface area contributed by atoms with Gasteiger partial charge in [-0.05, 0) is 99.1 Å². The van der Waals surface area contributed by atoms with Crippen molar-refractivity contribution in [1.82, 2.24) is 4.57 Å². The van der Waals surface area contributed by atoms with E-state index in [1.54, 1.807) is 0 Å². The molecule has 0 aliphatic carbocycles. The summed E-state index contributed by atoms with van der Waals surface area (Å²) in [6, 6.07) is 83.5. The van der Waals surface area contributed by atoms with E-state index in [0.29, 0.717) is 0 Å². The van der Waals surface area contributed by atoms with E-state index in [1.165, 1.54) is 71.1 Å². The van der Waals surface area contributed by atoms with Crippen LogP contribution >= 0.6 is 0 Å². The van der Waals surface area contributed by atoms with E-state index in [9.17, 15) is 0 Å². The van der Waals surface area contributed by atoms with Gasteiger partial charge in [0.2, 0.25) is 0 Å². The predicted molar refractivity (Wildman–Crippen MR) is 266 cm³/mol. The molecule has 3 heteroatoms. The fraction of sp³-hybridized carbons (Fsp3) is 0. The molecule has 0 saturated heterocycles. The van der Waals surface area contributed by atoms with Gasteiger partial charge in [0.05, 0.1) is 22.4 Å². The maximum atomic E-state index is 6.76. The van der Waals surface area contributed by atoms with Crippen LogP contribution in [0.5, 0.6) is 0 Å². The first kappa shape index (κ1) is 35.4.